The fraction of sp³-hybridized carbons (Fsp3) is 0.440. The summed E-state index contributed by atoms with van der Waals surface area (Å²) in [5.41, 5.74) is 1.29. The second-order valence-electron chi connectivity index (χ2n) is 8.84. The number of nitrogens with one attached hydrogen (secondary N) is 1. The van der Waals surface area contributed by atoms with E-state index in [-0.39, 0.29) is 17.7 Å². The highest BCUT2D eigenvalue weighted by Crippen LogP contribution is 2.28. The molecule has 1 aliphatic heterocycles. The molecular weight excluding hydrogens is 448 g/mol. The summed E-state index contributed by atoms with van der Waals surface area (Å²) < 4.78 is 18.7. The Morgan fingerprint density at radius 3 is 2.94 bits per heavy atom. The van der Waals surface area contributed by atoms with Gasteiger partial charge in [0.1, 0.15) is 11.5 Å². The first-order valence-corrected chi connectivity index (χ1v) is 12.0. The average Bonchev–Trinajstić information content (AvgIpc) is 3.65. The summed E-state index contributed by atoms with van der Waals surface area (Å²) in [6.45, 7) is 4.39. The molecule has 1 saturated heterocycles. The number of ether oxygens (including phenoxy) is 2. The number of aromatic amines is 1. The van der Waals surface area contributed by atoms with E-state index in [4.69, 9.17) is 13.9 Å². The lowest BCUT2D eigenvalue weighted by atomic mass is 10.1. The number of furan rings is 1. The number of hydrogen-bond acceptors (Lipinski definition) is 8. The van der Waals surface area contributed by atoms with Crippen molar-refractivity contribution < 1.29 is 13.9 Å². The highest BCUT2D eigenvalue weighted by atomic mass is 16.5. The molecule has 5 rings (SSSR count). The van der Waals surface area contributed by atoms with Gasteiger partial charge in [0.25, 0.3) is 5.56 Å². The van der Waals surface area contributed by atoms with E-state index in [0.29, 0.717) is 25.2 Å². The molecule has 1 N–H and O–H groups in total. The molecule has 4 heterocycles. The van der Waals surface area contributed by atoms with Crippen LogP contribution in [0.15, 0.2) is 51.9 Å². The molecule has 0 saturated carbocycles. The highest BCUT2D eigenvalue weighted by Gasteiger charge is 2.28. The predicted molar refractivity (Wildman–Crippen MR) is 129 cm³/mol. The lowest BCUT2D eigenvalue weighted by molar-refractivity contribution is 0.0882. The number of pyridine rings is 1. The van der Waals surface area contributed by atoms with Gasteiger partial charge in [-0.3, -0.25) is 9.69 Å². The highest BCUT2D eigenvalue weighted by molar-refractivity contribution is 5.80. The fourth-order valence-electron chi connectivity index (χ4n) is 4.74. The van der Waals surface area contributed by atoms with Crippen LogP contribution < -0.4 is 10.3 Å². The van der Waals surface area contributed by atoms with Crippen LogP contribution in [0.1, 0.15) is 49.4 Å². The number of tetrazole rings is 1. The summed E-state index contributed by atoms with van der Waals surface area (Å²) in [7, 11) is 1.63. The zero-order valence-electron chi connectivity index (χ0n) is 20.0. The Balaban J connectivity index is 1.48. The second-order valence-corrected chi connectivity index (χ2v) is 8.84. The third kappa shape index (κ3) is 5.13. The molecule has 4 aromatic rings. The largest absolute Gasteiger partial charge is 0.497 e. The Labute approximate surface area is 202 Å². The Morgan fingerprint density at radius 2 is 2.20 bits per heavy atom. The van der Waals surface area contributed by atoms with Crippen LogP contribution in [-0.4, -0.2) is 49.9 Å². The predicted octanol–water partition coefficient (Wildman–Crippen LogP) is 3.45. The number of rotatable bonds is 10. The lowest BCUT2D eigenvalue weighted by Crippen LogP contribution is -2.33. The molecule has 0 unspecified atom stereocenters. The minimum Gasteiger partial charge on any atom is -0.497 e. The van der Waals surface area contributed by atoms with Gasteiger partial charge in [0.05, 0.1) is 38.6 Å². The minimum absolute atomic E-state index is 0.117. The third-order valence-corrected chi connectivity index (χ3v) is 6.53. The quantitative estimate of drug-likeness (QED) is 0.369. The number of aromatic nitrogens is 5. The van der Waals surface area contributed by atoms with Gasteiger partial charge in [0.15, 0.2) is 5.82 Å². The number of H-pyrrole nitrogens is 1. The summed E-state index contributed by atoms with van der Waals surface area (Å²) in [5.74, 6) is 2.30. The van der Waals surface area contributed by atoms with Gasteiger partial charge in [-0.1, -0.05) is 6.92 Å². The molecule has 1 aromatic carbocycles. The van der Waals surface area contributed by atoms with Crippen molar-refractivity contribution in [1.82, 2.24) is 30.1 Å². The molecule has 184 valence electrons. The third-order valence-electron chi connectivity index (χ3n) is 6.53. The standard InChI is InChI=1S/C25H30N6O4/c1-3-23(24-27-28-29-31(24)16-21-7-5-11-35-21)30(15-20-6-4-10-34-20)14-18-12-17-13-19(33-2)8-9-22(17)26-25(18)32/h4,6,8-10,12-13,21,23H,3,5,7,11,14-16H2,1-2H3,(H,26,32)/t21-,23-/m1/s1. The van der Waals surface area contributed by atoms with Gasteiger partial charge in [0, 0.05) is 29.6 Å². The van der Waals surface area contributed by atoms with Crippen LogP contribution in [-0.2, 0) is 24.4 Å². The number of methoxy groups -OCH3 is 1. The Hall–Kier alpha value is -3.50. The molecule has 1 fully saturated rings. The van der Waals surface area contributed by atoms with E-state index in [1.54, 1.807) is 13.4 Å². The molecule has 2 atom stereocenters. The topological polar surface area (TPSA) is 111 Å². The molecular formula is C25H30N6O4. The molecule has 10 nitrogen and oxygen atoms in total. The number of nitrogens with zero attached hydrogens (tertiary/aromatic N) is 5. The smallest absolute Gasteiger partial charge is 0.252 e. The van der Waals surface area contributed by atoms with Crippen LogP contribution in [0.25, 0.3) is 10.9 Å². The molecule has 1 aliphatic rings. The average molecular weight is 479 g/mol. The van der Waals surface area contributed by atoms with E-state index in [2.05, 4.69) is 32.3 Å². The molecule has 10 heteroatoms. The van der Waals surface area contributed by atoms with Crippen LogP contribution in [0.3, 0.4) is 0 Å². The molecule has 0 bridgehead atoms. The van der Waals surface area contributed by atoms with Gasteiger partial charge in [-0.05, 0) is 66.1 Å². The molecule has 0 amide bonds. The van der Waals surface area contributed by atoms with Gasteiger partial charge in [-0.15, -0.1) is 5.10 Å². The van der Waals surface area contributed by atoms with Crippen LogP contribution in [0.4, 0.5) is 0 Å². The second kappa shape index (κ2) is 10.4. The Bertz CT molecular complexity index is 1310. The maximum absolute atomic E-state index is 13.0. The van der Waals surface area contributed by atoms with E-state index in [1.165, 1.54) is 0 Å². The summed E-state index contributed by atoms with van der Waals surface area (Å²) in [4.78, 5) is 18.2. The molecule has 3 aromatic heterocycles. The van der Waals surface area contributed by atoms with Crippen molar-refractivity contribution in [3.8, 4) is 5.75 Å². The first-order chi connectivity index (χ1) is 17.1. The van der Waals surface area contributed by atoms with Crippen LogP contribution in [0, 0.1) is 0 Å². The first-order valence-electron chi connectivity index (χ1n) is 12.0. The van der Waals surface area contributed by atoms with Crippen molar-refractivity contribution in [2.24, 2.45) is 0 Å². The molecule has 0 radical (unpaired) electrons. The van der Waals surface area contributed by atoms with E-state index in [1.807, 2.05) is 41.1 Å². The van der Waals surface area contributed by atoms with Crippen LogP contribution in [0.5, 0.6) is 5.75 Å². The Kier molecular flexibility index (Phi) is 6.91. The van der Waals surface area contributed by atoms with E-state index in [0.717, 1.165) is 54.1 Å². The maximum Gasteiger partial charge on any atom is 0.252 e. The lowest BCUT2D eigenvalue weighted by Gasteiger charge is -2.29. The van der Waals surface area contributed by atoms with Gasteiger partial charge >= 0.3 is 0 Å². The first kappa shape index (κ1) is 23.3. The summed E-state index contributed by atoms with van der Waals surface area (Å²) >= 11 is 0. The molecule has 35 heavy (non-hydrogen) atoms. The molecule has 0 spiro atoms. The fourth-order valence-corrected chi connectivity index (χ4v) is 4.74. The number of fused-ring (bicyclic) bond motifs is 1. The van der Waals surface area contributed by atoms with E-state index < -0.39 is 0 Å². The van der Waals surface area contributed by atoms with Crippen molar-refractivity contribution in [2.45, 2.75) is 58.0 Å². The maximum atomic E-state index is 13.0. The summed E-state index contributed by atoms with van der Waals surface area (Å²) in [5, 5.41) is 13.5. The monoisotopic (exact) mass is 478 g/mol. The van der Waals surface area contributed by atoms with E-state index in [9.17, 15) is 4.79 Å². The van der Waals surface area contributed by atoms with Gasteiger partial charge in [0.2, 0.25) is 0 Å². The zero-order chi connectivity index (χ0) is 24.2. The van der Waals surface area contributed by atoms with Crippen molar-refractivity contribution in [1.29, 1.82) is 0 Å². The van der Waals surface area contributed by atoms with Crippen molar-refractivity contribution in [2.75, 3.05) is 13.7 Å². The van der Waals surface area contributed by atoms with Gasteiger partial charge in [-0.25, -0.2) is 4.68 Å². The van der Waals surface area contributed by atoms with Crippen LogP contribution >= 0.6 is 0 Å². The number of benzene rings is 1. The van der Waals surface area contributed by atoms with Gasteiger partial charge in [-0.2, -0.15) is 0 Å². The van der Waals surface area contributed by atoms with E-state index >= 15 is 0 Å². The number of hydrogen-bond donors (Lipinski definition) is 1. The van der Waals surface area contributed by atoms with Gasteiger partial charge < -0.3 is 18.9 Å². The minimum atomic E-state index is -0.128. The summed E-state index contributed by atoms with van der Waals surface area (Å²) in [6, 6.07) is 11.2. The zero-order valence-corrected chi connectivity index (χ0v) is 20.0. The SMILES string of the molecule is CC[C@H](c1nnnn1C[C@H]1CCCO1)N(Cc1ccco1)Cc1cc2cc(OC)ccc2[nH]c1=O. The van der Waals surface area contributed by atoms with Crippen LogP contribution in [0.2, 0.25) is 0 Å². The normalized spacial score (nSPS) is 16.8. The van der Waals surface area contributed by atoms with Crippen molar-refractivity contribution in [3.63, 3.8) is 0 Å². The Morgan fingerprint density at radius 1 is 1.29 bits per heavy atom. The summed E-state index contributed by atoms with van der Waals surface area (Å²) in [6.07, 6.45) is 4.59. The molecule has 0 aliphatic carbocycles. The van der Waals surface area contributed by atoms with Crippen molar-refractivity contribution in [3.05, 3.63) is 70.2 Å². The van der Waals surface area contributed by atoms with Crippen molar-refractivity contribution >= 4 is 10.9 Å².